The molecule has 0 radical (unpaired) electrons. The van der Waals surface area contributed by atoms with Crippen molar-refractivity contribution >= 4 is 28.5 Å². The first-order valence-electron chi connectivity index (χ1n) is 11.6. The maximum absolute atomic E-state index is 12.9. The summed E-state index contributed by atoms with van der Waals surface area (Å²) in [7, 11) is 7.18. The van der Waals surface area contributed by atoms with Crippen LogP contribution in [0.5, 0.6) is 5.75 Å². The minimum absolute atomic E-state index is 0.170. The van der Waals surface area contributed by atoms with Crippen molar-refractivity contribution in [1.82, 2.24) is 25.4 Å². The van der Waals surface area contributed by atoms with Gasteiger partial charge in [0.25, 0.3) is 5.91 Å². The van der Waals surface area contributed by atoms with E-state index in [4.69, 9.17) is 4.74 Å². The summed E-state index contributed by atoms with van der Waals surface area (Å²) in [4.78, 5) is 33.1. The standard InChI is InChI=1S/C27H30N6O3/c1-17(34)33(4)23-15-18(10-11-20(23)27(35)28-12-13-32(2)3)19-14-22-25(30-31-26(22)29-16-19)21-8-6-7-9-24(21)36-5/h6-11,14-16H,12-13H2,1-5H3,(H,28,35)(H,29,30,31). The zero-order valence-corrected chi connectivity index (χ0v) is 21.1. The lowest BCUT2D eigenvalue weighted by Crippen LogP contribution is -2.33. The number of hydrogen-bond donors (Lipinski definition) is 2. The summed E-state index contributed by atoms with van der Waals surface area (Å²) in [6.07, 6.45) is 1.74. The fraction of sp³-hybridized carbons (Fsp3) is 0.259. The van der Waals surface area contributed by atoms with Gasteiger partial charge in [0.05, 0.1) is 24.1 Å². The van der Waals surface area contributed by atoms with Gasteiger partial charge in [0.2, 0.25) is 5.91 Å². The molecule has 36 heavy (non-hydrogen) atoms. The van der Waals surface area contributed by atoms with Crippen molar-refractivity contribution in [1.29, 1.82) is 0 Å². The first kappa shape index (κ1) is 24.9. The van der Waals surface area contributed by atoms with E-state index in [0.717, 1.165) is 33.5 Å². The van der Waals surface area contributed by atoms with Crippen LogP contribution < -0.4 is 15.0 Å². The van der Waals surface area contributed by atoms with Crippen LogP contribution in [0.4, 0.5) is 5.69 Å². The third-order valence-corrected chi connectivity index (χ3v) is 6.04. The van der Waals surface area contributed by atoms with Crippen LogP contribution in [0.25, 0.3) is 33.4 Å². The molecular formula is C27H30N6O3. The van der Waals surface area contributed by atoms with Gasteiger partial charge in [-0.15, -0.1) is 0 Å². The van der Waals surface area contributed by atoms with Gasteiger partial charge in [-0.25, -0.2) is 4.98 Å². The number of benzene rings is 2. The molecule has 2 amide bonds. The van der Waals surface area contributed by atoms with Crippen LogP contribution in [-0.2, 0) is 4.79 Å². The highest BCUT2D eigenvalue weighted by atomic mass is 16.5. The minimum Gasteiger partial charge on any atom is -0.496 e. The summed E-state index contributed by atoms with van der Waals surface area (Å²) >= 11 is 0. The lowest BCUT2D eigenvalue weighted by atomic mass is 10.0. The van der Waals surface area contributed by atoms with Crippen molar-refractivity contribution in [3.63, 3.8) is 0 Å². The number of aromatic amines is 1. The monoisotopic (exact) mass is 486 g/mol. The third-order valence-electron chi connectivity index (χ3n) is 6.04. The number of rotatable bonds is 8. The van der Waals surface area contributed by atoms with E-state index in [1.807, 2.05) is 61.5 Å². The lowest BCUT2D eigenvalue weighted by Gasteiger charge is -2.20. The van der Waals surface area contributed by atoms with E-state index in [1.54, 1.807) is 26.4 Å². The van der Waals surface area contributed by atoms with Crippen LogP contribution in [-0.4, -0.2) is 73.2 Å². The number of fused-ring (bicyclic) bond motifs is 1. The molecule has 0 bridgehead atoms. The van der Waals surface area contributed by atoms with Crippen LogP contribution in [0.2, 0.25) is 0 Å². The predicted octanol–water partition coefficient (Wildman–Crippen LogP) is 3.57. The van der Waals surface area contributed by atoms with E-state index in [0.29, 0.717) is 30.0 Å². The van der Waals surface area contributed by atoms with Gasteiger partial charge in [0.1, 0.15) is 5.75 Å². The van der Waals surface area contributed by atoms with Crippen LogP contribution in [0.1, 0.15) is 17.3 Å². The van der Waals surface area contributed by atoms with Crippen molar-refractivity contribution < 1.29 is 14.3 Å². The van der Waals surface area contributed by atoms with Crippen molar-refractivity contribution in [3.8, 4) is 28.1 Å². The highest BCUT2D eigenvalue weighted by Crippen LogP contribution is 2.35. The second-order valence-corrected chi connectivity index (χ2v) is 8.76. The van der Waals surface area contributed by atoms with Crippen LogP contribution in [0, 0.1) is 0 Å². The number of carbonyl (C=O) groups excluding carboxylic acids is 2. The summed E-state index contributed by atoms with van der Waals surface area (Å²) in [5.41, 5.74) is 4.87. The molecule has 9 heteroatoms. The first-order valence-corrected chi connectivity index (χ1v) is 11.6. The largest absolute Gasteiger partial charge is 0.496 e. The molecule has 0 saturated heterocycles. The Kier molecular flexibility index (Phi) is 7.30. The fourth-order valence-electron chi connectivity index (χ4n) is 3.95. The topological polar surface area (TPSA) is 103 Å². The van der Waals surface area contributed by atoms with E-state index >= 15 is 0 Å². The van der Waals surface area contributed by atoms with Crippen molar-refractivity contribution in [2.75, 3.05) is 46.2 Å². The number of ether oxygens (including phenoxy) is 1. The highest BCUT2D eigenvalue weighted by molar-refractivity contribution is 6.05. The normalized spacial score (nSPS) is 11.1. The number of likely N-dealkylation sites (N-methyl/N-ethyl adjacent to an activating group) is 1. The molecule has 0 aliphatic rings. The number of H-pyrrole nitrogens is 1. The van der Waals surface area contributed by atoms with Crippen LogP contribution in [0.3, 0.4) is 0 Å². The molecule has 2 N–H and O–H groups in total. The van der Waals surface area contributed by atoms with Crippen molar-refractivity contribution in [2.45, 2.75) is 6.92 Å². The number of amides is 2. The Morgan fingerprint density at radius 3 is 2.56 bits per heavy atom. The van der Waals surface area contributed by atoms with Crippen molar-refractivity contribution in [2.24, 2.45) is 0 Å². The van der Waals surface area contributed by atoms with Gasteiger partial charge in [0.15, 0.2) is 5.65 Å². The van der Waals surface area contributed by atoms with Crippen molar-refractivity contribution in [3.05, 3.63) is 60.3 Å². The number of methoxy groups -OCH3 is 1. The number of aromatic nitrogens is 3. The highest BCUT2D eigenvalue weighted by Gasteiger charge is 2.19. The number of nitrogens with zero attached hydrogens (tertiary/aromatic N) is 4. The SMILES string of the molecule is COc1ccccc1-c1[nH]nc2ncc(-c3ccc(C(=O)NCCN(C)C)c(N(C)C(C)=O)c3)cc12. The predicted molar refractivity (Wildman–Crippen MR) is 141 cm³/mol. The second kappa shape index (κ2) is 10.6. The molecule has 2 heterocycles. The van der Waals surface area contributed by atoms with E-state index in [2.05, 4.69) is 20.5 Å². The molecule has 4 aromatic rings. The minimum atomic E-state index is -0.228. The summed E-state index contributed by atoms with van der Waals surface area (Å²) in [6, 6.07) is 15.2. The quantitative estimate of drug-likeness (QED) is 0.395. The van der Waals surface area contributed by atoms with Gasteiger partial charge in [-0.2, -0.15) is 5.10 Å². The number of hydrogen-bond acceptors (Lipinski definition) is 6. The molecule has 0 atom stereocenters. The molecule has 0 spiro atoms. The number of pyridine rings is 1. The summed E-state index contributed by atoms with van der Waals surface area (Å²) in [5, 5.41) is 11.2. The summed E-state index contributed by atoms with van der Waals surface area (Å²) in [6.45, 7) is 2.69. The molecular weight excluding hydrogens is 456 g/mol. The number of anilines is 1. The molecule has 0 fully saturated rings. The first-order chi connectivity index (χ1) is 17.3. The van der Waals surface area contributed by atoms with E-state index < -0.39 is 0 Å². The Morgan fingerprint density at radius 1 is 1.06 bits per heavy atom. The molecule has 0 unspecified atom stereocenters. The maximum Gasteiger partial charge on any atom is 0.253 e. The average molecular weight is 487 g/mol. The van der Waals surface area contributed by atoms with Gasteiger partial charge in [-0.3, -0.25) is 14.7 Å². The van der Waals surface area contributed by atoms with Gasteiger partial charge < -0.3 is 19.9 Å². The molecule has 2 aromatic heterocycles. The molecule has 4 rings (SSSR count). The molecule has 0 aliphatic heterocycles. The Morgan fingerprint density at radius 2 is 1.83 bits per heavy atom. The number of carbonyl (C=O) groups is 2. The van der Waals surface area contributed by atoms with E-state index in [-0.39, 0.29) is 11.8 Å². The zero-order chi connectivity index (χ0) is 25.8. The van der Waals surface area contributed by atoms with E-state index in [1.165, 1.54) is 11.8 Å². The second-order valence-electron chi connectivity index (χ2n) is 8.76. The van der Waals surface area contributed by atoms with Crippen LogP contribution >= 0.6 is 0 Å². The molecule has 0 aliphatic carbocycles. The smallest absolute Gasteiger partial charge is 0.253 e. The van der Waals surface area contributed by atoms with Gasteiger partial charge in [-0.05, 0) is 50.0 Å². The maximum atomic E-state index is 12.9. The number of para-hydroxylation sites is 1. The average Bonchev–Trinajstić information content (AvgIpc) is 3.30. The fourth-order valence-corrected chi connectivity index (χ4v) is 3.95. The van der Waals surface area contributed by atoms with Gasteiger partial charge in [0, 0.05) is 49.8 Å². The third kappa shape index (κ3) is 5.06. The van der Waals surface area contributed by atoms with Gasteiger partial charge >= 0.3 is 0 Å². The summed E-state index contributed by atoms with van der Waals surface area (Å²) in [5.74, 6) is 0.327. The molecule has 0 saturated carbocycles. The summed E-state index contributed by atoms with van der Waals surface area (Å²) < 4.78 is 5.53. The molecule has 186 valence electrons. The Balaban J connectivity index is 1.76. The number of nitrogens with one attached hydrogen (secondary N) is 2. The molecule has 2 aromatic carbocycles. The van der Waals surface area contributed by atoms with Crippen LogP contribution in [0.15, 0.2) is 54.7 Å². The lowest BCUT2D eigenvalue weighted by molar-refractivity contribution is -0.116. The Hall–Kier alpha value is -4.24. The van der Waals surface area contributed by atoms with Gasteiger partial charge in [-0.1, -0.05) is 18.2 Å². The Labute approximate surface area is 210 Å². The van der Waals surface area contributed by atoms with E-state index in [9.17, 15) is 9.59 Å². The molecule has 9 nitrogen and oxygen atoms in total. The zero-order valence-electron chi connectivity index (χ0n) is 21.1. The Bertz CT molecular complexity index is 1410.